The molecule has 1 N–H and O–H groups in total. The van der Waals surface area contributed by atoms with Crippen LogP contribution in [0.3, 0.4) is 0 Å². The van der Waals surface area contributed by atoms with Crippen LogP contribution in [-0.2, 0) is 14.3 Å². The number of ether oxygens (including phenoxy) is 2. The number of benzene rings is 3. The van der Waals surface area contributed by atoms with Gasteiger partial charge >= 0.3 is 5.97 Å². The molecule has 0 bridgehead atoms. The molecule has 0 aromatic heterocycles. The first-order valence-corrected chi connectivity index (χ1v) is 9.35. The summed E-state index contributed by atoms with van der Waals surface area (Å²) < 4.78 is 10.5. The van der Waals surface area contributed by atoms with E-state index < -0.39 is 24.6 Å². The van der Waals surface area contributed by atoms with Gasteiger partial charge in [-0.25, -0.2) is 4.79 Å². The van der Waals surface area contributed by atoms with Gasteiger partial charge in [0, 0.05) is 11.3 Å². The third-order valence-electron chi connectivity index (χ3n) is 4.30. The number of carbonyl (C=O) groups excluding carboxylic acids is 2. The number of anilines is 1. The van der Waals surface area contributed by atoms with Gasteiger partial charge in [-0.3, -0.25) is 4.79 Å². The Morgan fingerprint density at radius 3 is 2.40 bits per heavy atom. The normalized spacial score (nSPS) is 11.1. The number of nitrogens with zero attached hydrogens (tertiary/aromatic N) is 1. The minimum Gasteiger partial charge on any atom is -0.481 e. The first kappa shape index (κ1) is 20.6. The first-order valence-electron chi connectivity index (χ1n) is 9.35. The van der Waals surface area contributed by atoms with Gasteiger partial charge in [0.1, 0.15) is 11.8 Å². The summed E-state index contributed by atoms with van der Waals surface area (Å²) >= 11 is 0. The van der Waals surface area contributed by atoms with Gasteiger partial charge in [-0.05, 0) is 30.7 Å². The lowest BCUT2D eigenvalue weighted by molar-refractivity contribution is -0.155. The second-order valence-electron chi connectivity index (χ2n) is 6.43. The lowest BCUT2D eigenvalue weighted by atomic mass is 10.0. The van der Waals surface area contributed by atoms with Gasteiger partial charge in [0.2, 0.25) is 0 Å². The van der Waals surface area contributed by atoms with Crippen LogP contribution in [0.25, 0.3) is 11.1 Å². The SMILES string of the molecule is C[C@@H](OC(=O)COc1ccccc1C#N)C(=O)Nc1ccccc1-c1ccccc1. The molecule has 6 heteroatoms. The highest BCUT2D eigenvalue weighted by atomic mass is 16.6. The number of amides is 1. The van der Waals surface area contributed by atoms with Gasteiger partial charge in [-0.15, -0.1) is 0 Å². The summed E-state index contributed by atoms with van der Waals surface area (Å²) in [6.45, 7) is 1.08. The second kappa shape index (κ2) is 9.89. The Hall–Kier alpha value is -4.11. The molecule has 3 aromatic carbocycles. The van der Waals surface area contributed by atoms with Crippen LogP contribution in [0.4, 0.5) is 5.69 Å². The number of nitrogens with one attached hydrogen (secondary N) is 1. The van der Waals surface area contributed by atoms with Crippen molar-refractivity contribution in [2.75, 3.05) is 11.9 Å². The van der Waals surface area contributed by atoms with Gasteiger partial charge in [-0.2, -0.15) is 5.26 Å². The van der Waals surface area contributed by atoms with Crippen LogP contribution in [0.1, 0.15) is 12.5 Å². The molecule has 3 aromatic rings. The summed E-state index contributed by atoms with van der Waals surface area (Å²) in [6.07, 6.45) is -1.02. The molecule has 0 fully saturated rings. The minimum atomic E-state index is -1.02. The van der Waals surface area contributed by atoms with E-state index in [4.69, 9.17) is 14.7 Å². The quantitative estimate of drug-likeness (QED) is 0.601. The van der Waals surface area contributed by atoms with Crippen LogP contribution >= 0.6 is 0 Å². The molecule has 0 saturated heterocycles. The molecule has 0 aliphatic heterocycles. The Morgan fingerprint density at radius 1 is 0.967 bits per heavy atom. The van der Waals surface area contributed by atoms with E-state index in [9.17, 15) is 9.59 Å². The summed E-state index contributed by atoms with van der Waals surface area (Å²) in [5.74, 6) is -0.878. The van der Waals surface area contributed by atoms with Crippen molar-refractivity contribution in [1.29, 1.82) is 5.26 Å². The molecule has 0 aliphatic rings. The van der Waals surface area contributed by atoms with E-state index in [1.807, 2.05) is 54.6 Å². The van der Waals surface area contributed by atoms with E-state index in [1.54, 1.807) is 30.3 Å². The van der Waals surface area contributed by atoms with Crippen LogP contribution in [0.5, 0.6) is 5.75 Å². The number of carbonyl (C=O) groups is 2. The molecule has 0 spiro atoms. The number of esters is 1. The molecule has 0 radical (unpaired) electrons. The molecule has 3 rings (SSSR count). The second-order valence-corrected chi connectivity index (χ2v) is 6.43. The van der Waals surface area contributed by atoms with Gasteiger partial charge in [-0.1, -0.05) is 60.7 Å². The maximum atomic E-state index is 12.5. The Morgan fingerprint density at radius 2 is 1.63 bits per heavy atom. The van der Waals surface area contributed by atoms with Crippen molar-refractivity contribution in [1.82, 2.24) is 0 Å². The first-order chi connectivity index (χ1) is 14.6. The molecular formula is C24H20N2O4. The zero-order valence-electron chi connectivity index (χ0n) is 16.4. The summed E-state index contributed by atoms with van der Waals surface area (Å²) in [6, 6.07) is 25.6. The largest absolute Gasteiger partial charge is 0.481 e. The van der Waals surface area contributed by atoms with Crippen molar-refractivity contribution in [2.45, 2.75) is 13.0 Å². The van der Waals surface area contributed by atoms with Crippen LogP contribution in [0, 0.1) is 11.3 Å². The fourth-order valence-electron chi connectivity index (χ4n) is 2.80. The minimum absolute atomic E-state index is 0.283. The van der Waals surface area contributed by atoms with Crippen molar-refractivity contribution in [3.63, 3.8) is 0 Å². The highest BCUT2D eigenvalue weighted by Gasteiger charge is 2.19. The topological polar surface area (TPSA) is 88.4 Å². The van der Waals surface area contributed by atoms with E-state index in [0.717, 1.165) is 11.1 Å². The average Bonchev–Trinajstić information content (AvgIpc) is 2.78. The zero-order valence-corrected chi connectivity index (χ0v) is 16.4. The third-order valence-corrected chi connectivity index (χ3v) is 4.30. The van der Waals surface area contributed by atoms with Crippen LogP contribution < -0.4 is 10.1 Å². The standard InChI is InChI=1S/C24H20N2O4/c1-17(30-23(27)16-29-22-14-8-5-11-19(22)15-25)24(28)26-21-13-7-6-12-20(21)18-9-3-2-4-10-18/h2-14,17H,16H2,1H3,(H,26,28)/t17-/m1/s1. The summed E-state index contributed by atoms with van der Waals surface area (Å²) in [4.78, 5) is 24.6. The summed E-state index contributed by atoms with van der Waals surface area (Å²) in [5.41, 5.74) is 2.76. The Kier molecular flexibility index (Phi) is 6.80. The van der Waals surface area contributed by atoms with Crippen LogP contribution in [0.15, 0.2) is 78.9 Å². The van der Waals surface area contributed by atoms with E-state index in [-0.39, 0.29) is 5.75 Å². The molecule has 6 nitrogen and oxygen atoms in total. The number of para-hydroxylation sites is 2. The molecule has 1 atom stereocenters. The number of hydrogen-bond acceptors (Lipinski definition) is 5. The highest BCUT2D eigenvalue weighted by Crippen LogP contribution is 2.27. The molecule has 30 heavy (non-hydrogen) atoms. The van der Waals surface area contributed by atoms with E-state index >= 15 is 0 Å². The van der Waals surface area contributed by atoms with E-state index in [2.05, 4.69) is 5.32 Å². The highest BCUT2D eigenvalue weighted by molar-refractivity contribution is 5.98. The van der Waals surface area contributed by atoms with Gasteiger partial charge in [0.05, 0.1) is 5.56 Å². The predicted molar refractivity (Wildman–Crippen MR) is 113 cm³/mol. The fraction of sp³-hybridized carbons (Fsp3) is 0.125. The number of rotatable bonds is 7. The lowest BCUT2D eigenvalue weighted by Crippen LogP contribution is -2.31. The van der Waals surface area contributed by atoms with E-state index in [0.29, 0.717) is 11.3 Å². The Labute approximate surface area is 174 Å². The van der Waals surface area contributed by atoms with Crippen molar-refractivity contribution in [2.24, 2.45) is 0 Å². The molecule has 1 amide bonds. The third kappa shape index (κ3) is 5.24. The molecular weight excluding hydrogens is 380 g/mol. The van der Waals surface area contributed by atoms with Crippen molar-refractivity contribution in [3.8, 4) is 22.9 Å². The van der Waals surface area contributed by atoms with Crippen LogP contribution in [-0.4, -0.2) is 24.6 Å². The smallest absolute Gasteiger partial charge is 0.344 e. The van der Waals surface area contributed by atoms with Crippen molar-refractivity contribution < 1.29 is 19.1 Å². The summed E-state index contributed by atoms with van der Waals surface area (Å²) in [7, 11) is 0. The van der Waals surface area contributed by atoms with Gasteiger partial charge in [0.15, 0.2) is 12.7 Å². The maximum absolute atomic E-state index is 12.5. The van der Waals surface area contributed by atoms with Crippen LogP contribution in [0.2, 0.25) is 0 Å². The van der Waals surface area contributed by atoms with Gasteiger partial charge < -0.3 is 14.8 Å². The Balaban J connectivity index is 1.59. The predicted octanol–water partition coefficient (Wildman–Crippen LogP) is 4.17. The Bertz CT molecular complexity index is 1070. The summed E-state index contributed by atoms with van der Waals surface area (Å²) in [5, 5.41) is 11.9. The molecule has 0 unspecified atom stereocenters. The fourth-order valence-corrected chi connectivity index (χ4v) is 2.80. The van der Waals surface area contributed by atoms with E-state index in [1.165, 1.54) is 6.92 Å². The monoisotopic (exact) mass is 400 g/mol. The van der Waals surface area contributed by atoms with Crippen molar-refractivity contribution in [3.05, 3.63) is 84.4 Å². The average molecular weight is 400 g/mol. The molecule has 0 saturated carbocycles. The van der Waals surface area contributed by atoms with Crippen molar-refractivity contribution >= 4 is 17.6 Å². The zero-order chi connectivity index (χ0) is 21.3. The van der Waals surface area contributed by atoms with Gasteiger partial charge in [0.25, 0.3) is 5.91 Å². The molecule has 150 valence electrons. The maximum Gasteiger partial charge on any atom is 0.344 e. The number of nitriles is 1. The molecule has 0 aliphatic carbocycles. The molecule has 0 heterocycles. The number of hydrogen-bond donors (Lipinski definition) is 1. The lowest BCUT2D eigenvalue weighted by Gasteiger charge is -2.16.